The molecule has 2 atom stereocenters. The average molecular weight is 271 g/mol. The van der Waals surface area contributed by atoms with Gasteiger partial charge in [-0.3, -0.25) is 0 Å². The third-order valence-electron chi connectivity index (χ3n) is 2.65. The fourth-order valence-corrected chi connectivity index (χ4v) is 3.95. The number of sulfonamides is 1. The van der Waals surface area contributed by atoms with Crippen molar-refractivity contribution < 1.29 is 8.42 Å². The molecule has 16 heavy (non-hydrogen) atoms. The summed E-state index contributed by atoms with van der Waals surface area (Å²) in [5, 5.41) is 0. The van der Waals surface area contributed by atoms with Crippen molar-refractivity contribution in [2.75, 3.05) is 18.8 Å². The third-order valence-corrected chi connectivity index (χ3v) is 4.96. The minimum absolute atomic E-state index is 0. The summed E-state index contributed by atoms with van der Waals surface area (Å²) < 4.78 is 25.6. The van der Waals surface area contributed by atoms with Crippen molar-refractivity contribution in [1.82, 2.24) is 4.31 Å². The van der Waals surface area contributed by atoms with Crippen LogP contribution in [-0.4, -0.2) is 37.6 Å². The Morgan fingerprint density at radius 3 is 2.12 bits per heavy atom. The highest BCUT2D eigenvalue weighted by molar-refractivity contribution is 7.89. The van der Waals surface area contributed by atoms with Crippen LogP contribution in [-0.2, 0) is 10.0 Å². The van der Waals surface area contributed by atoms with Gasteiger partial charge in [-0.1, -0.05) is 27.7 Å². The van der Waals surface area contributed by atoms with Crippen molar-refractivity contribution in [3.05, 3.63) is 0 Å². The summed E-state index contributed by atoms with van der Waals surface area (Å²) in [6.45, 7) is 8.84. The van der Waals surface area contributed by atoms with E-state index in [9.17, 15) is 8.42 Å². The predicted octanol–water partition coefficient (Wildman–Crippen LogP) is 1.06. The van der Waals surface area contributed by atoms with Crippen molar-refractivity contribution in [3.63, 3.8) is 0 Å². The van der Waals surface area contributed by atoms with E-state index in [1.807, 2.05) is 27.7 Å². The molecule has 0 spiro atoms. The molecular formula is C10H23ClN2O2S. The number of hydrogen-bond donors (Lipinski definition) is 1. The normalized spacial score (nSPS) is 27.8. The van der Waals surface area contributed by atoms with E-state index in [4.69, 9.17) is 5.73 Å². The minimum Gasteiger partial charge on any atom is -0.326 e. The molecule has 0 amide bonds. The van der Waals surface area contributed by atoms with E-state index in [1.165, 1.54) is 4.31 Å². The molecule has 2 N–H and O–H groups in total. The zero-order valence-corrected chi connectivity index (χ0v) is 12.1. The quantitative estimate of drug-likeness (QED) is 0.816. The van der Waals surface area contributed by atoms with Crippen LogP contribution >= 0.6 is 12.4 Å². The van der Waals surface area contributed by atoms with Gasteiger partial charge in [0, 0.05) is 19.1 Å². The van der Waals surface area contributed by atoms with Crippen LogP contribution in [0.2, 0.25) is 0 Å². The fraction of sp³-hybridized carbons (Fsp3) is 1.00. The highest BCUT2D eigenvalue weighted by Crippen LogP contribution is 2.23. The van der Waals surface area contributed by atoms with E-state index in [0.29, 0.717) is 13.1 Å². The number of nitrogens with two attached hydrogens (primary N) is 1. The minimum atomic E-state index is -3.13. The van der Waals surface area contributed by atoms with Crippen LogP contribution in [0.3, 0.4) is 0 Å². The summed E-state index contributed by atoms with van der Waals surface area (Å²) in [7, 11) is -3.13. The van der Waals surface area contributed by atoms with Crippen molar-refractivity contribution in [1.29, 1.82) is 0 Å². The van der Waals surface area contributed by atoms with Gasteiger partial charge in [-0.05, 0) is 11.3 Å². The van der Waals surface area contributed by atoms with Gasteiger partial charge in [-0.15, -0.1) is 12.4 Å². The van der Waals surface area contributed by atoms with Gasteiger partial charge in [0.25, 0.3) is 0 Å². The Balaban J connectivity index is 0.00000225. The lowest BCUT2D eigenvalue weighted by molar-refractivity contribution is 0.419. The Hall–Kier alpha value is 0.160. The van der Waals surface area contributed by atoms with Crippen molar-refractivity contribution >= 4 is 22.4 Å². The summed E-state index contributed by atoms with van der Waals surface area (Å²) in [5.74, 6) is 0.458. The summed E-state index contributed by atoms with van der Waals surface area (Å²) in [6, 6.07) is -0.0141. The monoisotopic (exact) mass is 270 g/mol. The van der Waals surface area contributed by atoms with Crippen LogP contribution in [0.25, 0.3) is 0 Å². The van der Waals surface area contributed by atoms with Gasteiger partial charge in [0.1, 0.15) is 0 Å². The Morgan fingerprint density at radius 1 is 1.31 bits per heavy atom. The maximum absolute atomic E-state index is 12.0. The second-order valence-corrected chi connectivity index (χ2v) is 7.74. The molecule has 0 saturated carbocycles. The number of halogens is 1. The van der Waals surface area contributed by atoms with Crippen LogP contribution in [0.1, 0.15) is 27.7 Å². The molecule has 98 valence electrons. The highest BCUT2D eigenvalue weighted by atomic mass is 35.5. The predicted molar refractivity (Wildman–Crippen MR) is 69.2 cm³/mol. The summed E-state index contributed by atoms with van der Waals surface area (Å²) in [5.41, 5.74) is 5.62. The highest BCUT2D eigenvalue weighted by Gasteiger charge is 2.36. The van der Waals surface area contributed by atoms with Gasteiger partial charge in [-0.25, -0.2) is 12.7 Å². The second-order valence-electron chi connectivity index (χ2n) is 5.78. The lowest BCUT2D eigenvalue weighted by Gasteiger charge is -2.23. The van der Waals surface area contributed by atoms with Crippen molar-refractivity contribution in [2.45, 2.75) is 33.7 Å². The maximum Gasteiger partial charge on any atom is 0.214 e. The first-order valence-electron chi connectivity index (χ1n) is 5.35. The first kappa shape index (κ1) is 16.2. The third kappa shape index (κ3) is 4.20. The summed E-state index contributed by atoms with van der Waals surface area (Å²) in [4.78, 5) is 0. The number of rotatable bonds is 2. The molecule has 1 saturated heterocycles. The average Bonchev–Trinajstić information content (AvgIpc) is 2.27. The Morgan fingerprint density at radius 2 is 1.81 bits per heavy atom. The molecule has 0 aliphatic carbocycles. The summed E-state index contributed by atoms with van der Waals surface area (Å²) in [6.07, 6.45) is 0. The van der Waals surface area contributed by atoms with Gasteiger partial charge in [-0.2, -0.15) is 0 Å². The molecule has 2 unspecified atom stereocenters. The SMILES string of the molecule is CC1CN(S(=O)(=O)CC(C)(C)C)CC1N.Cl. The second kappa shape index (κ2) is 5.21. The largest absolute Gasteiger partial charge is 0.326 e. The van der Waals surface area contributed by atoms with E-state index in [2.05, 4.69) is 0 Å². The fourth-order valence-electron chi connectivity index (χ4n) is 1.81. The van der Waals surface area contributed by atoms with Gasteiger partial charge in [0.2, 0.25) is 10.0 Å². The molecule has 0 aromatic rings. The molecule has 6 heteroatoms. The van der Waals surface area contributed by atoms with Gasteiger partial charge in [0.15, 0.2) is 0 Å². The molecule has 4 nitrogen and oxygen atoms in total. The Kier molecular flexibility index (Phi) is 5.26. The van der Waals surface area contributed by atoms with E-state index in [-0.39, 0.29) is 35.5 Å². The topological polar surface area (TPSA) is 63.4 Å². The molecule has 1 aliphatic heterocycles. The zero-order valence-electron chi connectivity index (χ0n) is 10.4. The van der Waals surface area contributed by atoms with Crippen LogP contribution in [0.15, 0.2) is 0 Å². The van der Waals surface area contributed by atoms with Gasteiger partial charge < -0.3 is 5.73 Å². The van der Waals surface area contributed by atoms with Crippen LogP contribution in [0, 0.1) is 11.3 Å². The molecule has 0 aromatic heterocycles. The molecule has 1 aliphatic rings. The standard InChI is InChI=1S/C10H22N2O2S.ClH/c1-8-5-12(6-9(8)11)15(13,14)7-10(2,3)4;/h8-9H,5-7,11H2,1-4H3;1H. The molecule has 0 radical (unpaired) electrons. The molecule has 1 fully saturated rings. The molecule has 1 heterocycles. The Labute approximate surface area is 105 Å². The van der Waals surface area contributed by atoms with Crippen LogP contribution < -0.4 is 5.73 Å². The zero-order chi connectivity index (χ0) is 11.9. The van der Waals surface area contributed by atoms with E-state index >= 15 is 0 Å². The van der Waals surface area contributed by atoms with E-state index in [0.717, 1.165) is 0 Å². The maximum atomic E-state index is 12.0. The molecule has 0 aromatic carbocycles. The molecule has 1 rings (SSSR count). The lowest BCUT2D eigenvalue weighted by atomic mass is 10.0. The van der Waals surface area contributed by atoms with Crippen LogP contribution in [0.4, 0.5) is 0 Å². The van der Waals surface area contributed by atoms with E-state index in [1.54, 1.807) is 0 Å². The van der Waals surface area contributed by atoms with E-state index < -0.39 is 10.0 Å². The van der Waals surface area contributed by atoms with Crippen molar-refractivity contribution in [2.24, 2.45) is 17.1 Å². The Bertz CT molecular complexity index is 314. The van der Waals surface area contributed by atoms with Crippen LogP contribution in [0.5, 0.6) is 0 Å². The molecule has 0 bridgehead atoms. The lowest BCUT2D eigenvalue weighted by Crippen LogP contribution is -2.37. The summed E-state index contributed by atoms with van der Waals surface area (Å²) >= 11 is 0. The number of hydrogen-bond acceptors (Lipinski definition) is 3. The first-order valence-corrected chi connectivity index (χ1v) is 6.96. The van der Waals surface area contributed by atoms with Crippen molar-refractivity contribution in [3.8, 4) is 0 Å². The molecular weight excluding hydrogens is 248 g/mol. The van der Waals surface area contributed by atoms with Gasteiger partial charge >= 0.3 is 0 Å². The first-order chi connectivity index (χ1) is 6.62. The van der Waals surface area contributed by atoms with Gasteiger partial charge in [0.05, 0.1) is 5.75 Å². The number of nitrogens with zero attached hydrogens (tertiary/aromatic N) is 1. The smallest absolute Gasteiger partial charge is 0.214 e.